The lowest BCUT2D eigenvalue weighted by Crippen LogP contribution is -2.28. The molecule has 110 valence electrons. The van der Waals surface area contributed by atoms with Crippen molar-refractivity contribution in [1.29, 1.82) is 0 Å². The summed E-state index contributed by atoms with van der Waals surface area (Å²) >= 11 is 0. The van der Waals surface area contributed by atoms with Crippen LogP contribution in [0.15, 0.2) is 30.6 Å². The number of pyridine rings is 1. The van der Waals surface area contributed by atoms with E-state index in [9.17, 15) is 9.59 Å². The van der Waals surface area contributed by atoms with Gasteiger partial charge in [0.25, 0.3) is 11.8 Å². The maximum atomic E-state index is 12.0. The van der Waals surface area contributed by atoms with E-state index >= 15 is 0 Å². The van der Waals surface area contributed by atoms with Crippen molar-refractivity contribution in [1.82, 2.24) is 20.5 Å². The molecule has 0 saturated heterocycles. The first-order chi connectivity index (χ1) is 10.2. The second-order valence-corrected chi connectivity index (χ2v) is 4.07. The monoisotopic (exact) mass is 289 g/mol. The Morgan fingerprint density at radius 3 is 2.90 bits per heavy atom. The average molecular weight is 289 g/mol. The number of carbonyl (C=O) groups is 2. The Kier molecular flexibility index (Phi) is 4.99. The number of H-pyrrole nitrogens is 1. The summed E-state index contributed by atoms with van der Waals surface area (Å²) in [4.78, 5) is 27.8. The van der Waals surface area contributed by atoms with Crippen molar-refractivity contribution in [2.75, 3.05) is 25.6 Å². The van der Waals surface area contributed by atoms with Crippen LogP contribution in [0.5, 0.6) is 0 Å². The molecule has 2 rings (SSSR count). The molecule has 0 fully saturated rings. The predicted molar refractivity (Wildman–Crippen MR) is 75.0 cm³/mol. The van der Waals surface area contributed by atoms with Crippen LogP contribution in [0.4, 0.5) is 5.69 Å². The van der Waals surface area contributed by atoms with Gasteiger partial charge in [-0.15, -0.1) is 0 Å². The Bertz CT molecular complexity index is 611. The summed E-state index contributed by atoms with van der Waals surface area (Å²) in [6, 6.07) is 4.99. The fourth-order valence-electron chi connectivity index (χ4n) is 1.59. The lowest BCUT2D eigenvalue weighted by Gasteiger charge is -2.05. The molecule has 0 aliphatic rings. The van der Waals surface area contributed by atoms with Crippen LogP contribution in [0.25, 0.3) is 0 Å². The van der Waals surface area contributed by atoms with Crippen molar-refractivity contribution in [2.45, 2.75) is 0 Å². The van der Waals surface area contributed by atoms with Gasteiger partial charge in [0.15, 0.2) is 5.69 Å². The minimum atomic E-state index is -0.414. The van der Waals surface area contributed by atoms with Crippen LogP contribution in [0.3, 0.4) is 0 Å². The fraction of sp³-hybridized carbons (Fsp3) is 0.231. The molecule has 8 heteroatoms. The third kappa shape index (κ3) is 3.86. The SMILES string of the molecule is COCCNC(=O)c1n[nH]cc1NC(=O)c1ccccn1. The third-order valence-electron chi connectivity index (χ3n) is 2.59. The first kappa shape index (κ1) is 14.7. The molecule has 0 aliphatic carbocycles. The van der Waals surface area contributed by atoms with Crippen LogP contribution in [0.2, 0.25) is 0 Å². The molecule has 2 amide bonds. The van der Waals surface area contributed by atoms with Gasteiger partial charge in [-0.05, 0) is 12.1 Å². The molecule has 21 heavy (non-hydrogen) atoms. The van der Waals surface area contributed by atoms with E-state index < -0.39 is 11.8 Å². The summed E-state index contributed by atoms with van der Waals surface area (Å²) in [5, 5.41) is 11.6. The topological polar surface area (TPSA) is 109 Å². The van der Waals surface area contributed by atoms with Gasteiger partial charge in [-0.1, -0.05) is 6.07 Å². The van der Waals surface area contributed by atoms with E-state index in [-0.39, 0.29) is 11.4 Å². The predicted octanol–water partition coefficient (Wildman–Crippen LogP) is 0.433. The molecule has 0 saturated carbocycles. The largest absolute Gasteiger partial charge is 0.383 e. The number of rotatable bonds is 6. The van der Waals surface area contributed by atoms with Crippen molar-refractivity contribution >= 4 is 17.5 Å². The van der Waals surface area contributed by atoms with E-state index in [0.29, 0.717) is 18.8 Å². The van der Waals surface area contributed by atoms with Crippen molar-refractivity contribution in [3.8, 4) is 0 Å². The number of carbonyl (C=O) groups excluding carboxylic acids is 2. The van der Waals surface area contributed by atoms with Gasteiger partial charge in [-0.3, -0.25) is 19.7 Å². The highest BCUT2D eigenvalue weighted by molar-refractivity contribution is 6.07. The Balaban J connectivity index is 2.03. The molecular formula is C13H15N5O3. The highest BCUT2D eigenvalue weighted by Gasteiger charge is 2.17. The van der Waals surface area contributed by atoms with Crippen LogP contribution >= 0.6 is 0 Å². The molecular weight excluding hydrogens is 274 g/mol. The average Bonchev–Trinajstić information content (AvgIpc) is 2.96. The molecule has 0 aromatic carbocycles. The minimum Gasteiger partial charge on any atom is -0.383 e. The normalized spacial score (nSPS) is 10.1. The number of hydrogen-bond acceptors (Lipinski definition) is 5. The van der Waals surface area contributed by atoms with Gasteiger partial charge in [-0.2, -0.15) is 5.10 Å². The summed E-state index contributed by atoms with van der Waals surface area (Å²) in [5.74, 6) is -0.812. The van der Waals surface area contributed by atoms with Crippen molar-refractivity contribution < 1.29 is 14.3 Å². The molecule has 0 unspecified atom stereocenters. The van der Waals surface area contributed by atoms with Crippen LogP contribution in [0, 0.1) is 0 Å². The highest BCUT2D eigenvalue weighted by Crippen LogP contribution is 2.12. The van der Waals surface area contributed by atoms with Crippen LogP contribution in [-0.2, 0) is 4.74 Å². The Labute approximate surface area is 120 Å². The number of methoxy groups -OCH3 is 1. The molecule has 0 spiro atoms. The molecule has 2 heterocycles. The van der Waals surface area contributed by atoms with Gasteiger partial charge in [0, 0.05) is 26.0 Å². The molecule has 0 bridgehead atoms. The summed E-state index contributed by atoms with van der Waals surface area (Å²) in [5.41, 5.74) is 0.653. The first-order valence-electron chi connectivity index (χ1n) is 6.25. The number of ether oxygens (including phenoxy) is 1. The number of aromatic nitrogens is 3. The van der Waals surface area contributed by atoms with Crippen molar-refractivity contribution in [3.63, 3.8) is 0 Å². The van der Waals surface area contributed by atoms with Gasteiger partial charge in [0.2, 0.25) is 0 Å². The van der Waals surface area contributed by atoms with E-state index in [2.05, 4.69) is 25.8 Å². The van der Waals surface area contributed by atoms with E-state index in [1.54, 1.807) is 25.3 Å². The number of hydrogen-bond donors (Lipinski definition) is 3. The van der Waals surface area contributed by atoms with Gasteiger partial charge >= 0.3 is 0 Å². The zero-order valence-corrected chi connectivity index (χ0v) is 11.4. The number of anilines is 1. The molecule has 2 aromatic heterocycles. The number of nitrogens with one attached hydrogen (secondary N) is 3. The summed E-state index contributed by atoms with van der Waals surface area (Å²) < 4.78 is 4.84. The second-order valence-electron chi connectivity index (χ2n) is 4.07. The van der Waals surface area contributed by atoms with E-state index in [1.807, 2.05) is 0 Å². The Hall–Kier alpha value is -2.74. The smallest absolute Gasteiger partial charge is 0.274 e. The van der Waals surface area contributed by atoms with E-state index in [4.69, 9.17) is 4.74 Å². The maximum absolute atomic E-state index is 12.0. The lowest BCUT2D eigenvalue weighted by molar-refractivity contribution is 0.0933. The zero-order valence-electron chi connectivity index (χ0n) is 11.4. The van der Waals surface area contributed by atoms with Gasteiger partial charge in [0.05, 0.1) is 12.3 Å². The standard InChI is InChI=1S/C13H15N5O3/c1-21-7-6-15-13(20)11-10(8-16-18-11)17-12(19)9-4-2-3-5-14-9/h2-5,8H,6-7H2,1H3,(H,15,20)(H,16,18)(H,17,19). The first-order valence-corrected chi connectivity index (χ1v) is 6.25. The number of amides is 2. The van der Waals surface area contributed by atoms with Gasteiger partial charge in [0.1, 0.15) is 5.69 Å². The number of nitrogens with zero attached hydrogens (tertiary/aromatic N) is 2. The molecule has 0 radical (unpaired) electrons. The molecule has 2 aromatic rings. The van der Waals surface area contributed by atoms with Crippen LogP contribution in [0.1, 0.15) is 21.0 Å². The molecule has 0 atom stereocenters. The quantitative estimate of drug-likeness (QED) is 0.668. The van der Waals surface area contributed by atoms with E-state index in [0.717, 1.165) is 0 Å². The third-order valence-corrected chi connectivity index (χ3v) is 2.59. The highest BCUT2D eigenvalue weighted by atomic mass is 16.5. The minimum absolute atomic E-state index is 0.107. The van der Waals surface area contributed by atoms with Crippen molar-refractivity contribution in [2.24, 2.45) is 0 Å². The zero-order chi connectivity index (χ0) is 15.1. The Morgan fingerprint density at radius 1 is 1.33 bits per heavy atom. The van der Waals surface area contributed by atoms with Crippen LogP contribution < -0.4 is 10.6 Å². The van der Waals surface area contributed by atoms with Crippen LogP contribution in [-0.4, -0.2) is 47.3 Å². The molecule has 8 nitrogen and oxygen atoms in total. The fourth-order valence-corrected chi connectivity index (χ4v) is 1.59. The maximum Gasteiger partial charge on any atom is 0.274 e. The second kappa shape index (κ2) is 7.15. The molecule has 3 N–H and O–H groups in total. The summed E-state index contributed by atoms with van der Waals surface area (Å²) in [7, 11) is 1.54. The summed E-state index contributed by atoms with van der Waals surface area (Å²) in [6.45, 7) is 0.752. The van der Waals surface area contributed by atoms with Gasteiger partial charge in [-0.25, -0.2) is 0 Å². The Morgan fingerprint density at radius 2 is 2.19 bits per heavy atom. The van der Waals surface area contributed by atoms with E-state index in [1.165, 1.54) is 12.4 Å². The molecule has 0 aliphatic heterocycles. The number of aromatic amines is 1. The van der Waals surface area contributed by atoms with Gasteiger partial charge < -0.3 is 15.4 Å². The lowest BCUT2D eigenvalue weighted by atomic mass is 10.3. The summed E-state index contributed by atoms with van der Waals surface area (Å²) in [6.07, 6.45) is 2.95. The van der Waals surface area contributed by atoms with Crippen molar-refractivity contribution in [3.05, 3.63) is 42.0 Å².